The molecule has 0 amide bonds. The standard InChI is InChI=1S/C11H17N3O/c1-7(8-2-3-8)14-11(15)9-4-5-12-6-10(9)13-14/h7-8,12-13H,2-6H2,1H3/t7-/m1/s1. The largest absolute Gasteiger partial charge is 0.311 e. The van der Waals surface area contributed by atoms with Gasteiger partial charge in [-0.15, -0.1) is 0 Å². The van der Waals surface area contributed by atoms with Gasteiger partial charge >= 0.3 is 0 Å². The molecule has 0 spiro atoms. The van der Waals surface area contributed by atoms with E-state index in [2.05, 4.69) is 17.3 Å². The molecular formula is C11H17N3O. The van der Waals surface area contributed by atoms with E-state index >= 15 is 0 Å². The number of fused-ring (bicyclic) bond motifs is 1. The molecule has 1 aromatic heterocycles. The maximum atomic E-state index is 12.1. The van der Waals surface area contributed by atoms with Crippen molar-refractivity contribution in [1.29, 1.82) is 0 Å². The normalized spacial score (nSPS) is 22.5. The number of nitrogens with zero attached hydrogens (tertiary/aromatic N) is 1. The minimum Gasteiger partial charge on any atom is -0.311 e. The third-order valence-electron chi connectivity index (χ3n) is 3.66. The van der Waals surface area contributed by atoms with Crippen molar-refractivity contribution in [2.45, 2.75) is 38.8 Å². The summed E-state index contributed by atoms with van der Waals surface area (Å²) in [5.41, 5.74) is 2.31. The van der Waals surface area contributed by atoms with Crippen LogP contribution in [0.5, 0.6) is 0 Å². The molecule has 82 valence electrons. The number of hydrogen-bond donors (Lipinski definition) is 2. The molecule has 1 fully saturated rings. The van der Waals surface area contributed by atoms with Crippen LogP contribution in [0.3, 0.4) is 0 Å². The molecule has 2 aliphatic rings. The average Bonchev–Trinajstić information content (AvgIpc) is 3.04. The lowest BCUT2D eigenvalue weighted by atomic mass is 10.1. The van der Waals surface area contributed by atoms with Crippen LogP contribution in [0.15, 0.2) is 4.79 Å². The Morgan fingerprint density at radius 2 is 2.27 bits per heavy atom. The van der Waals surface area contributed by atoms with Crippen molar-refractivity contribution < 1.29 is 0 Å². The summed E-state index contributed by atoms with van der Waals surface area (Å²) in [5.74, 6) is 0.718. The quantitative estimate of drug-likeness (QED) is 0.753. The third kappa shape index (κ3) is 1.44. The highest BCUT2D eigenvalue weighted by Crippen LogP contribution is 2.38. The number of aromatic nitrogens is 2. The second-order valence-electron chi connectivity index (χ2n) is 4.75. The predicted molar refractivity (Wildman–Crippen MR) is 57.9 cm³/mol. The molecule has 0 aromatic carbocycles. The van der Waals surface area contributed by atoms with Crippen LogP contribution in [0, 0.1) is 5.92 Å². The van der Waals surface area contributed by atoms with Crippen LogP contribution in [-0.2, 0) is 13.0 Å². The summed E-state index contributed by atoms with van der Waals surface area (Å²) in [4.78, 5) is 12.1. The van der Waals surface area contributed by atoms with Gasteiger partial charge in [0.1, 0.15) is 0 Å². The van der Waals surface area contributed by atoms with Crippen molar-refractivity contribution >= 4 is 0 Å². The highest BCUT2D eigenvalue weighted by Gasteiger charge is 2.31. The first-order valence-corrected chi connectivity index (χ1v) is 5.80. The summed E-state index contributed by atoms with van der Waals surface area (Å²) in [5, 5.41) is 6.55. The van der Waals surface area contributed by atoms with Gasteiger partial charge in [-0.3, -0.25) is 9.89 Å². The van der Waals surface area contributed by atoms with Crippen LogP contribution >= 0.6 is 0 Å². The van der Waals surface area contributed by atoms with Gasteiger partial charge in [-0.25, -0.2) is 4.68 Å². The van der Waals surface area contributed by atoms with Gasteiger partial charge in [0.25, 0.3) is 5.56 Å². The van der Waals surface area contributed by atoms with Crippen LogP contribution in [0.4, 0.5) is 0 Å². The minimum absolute atomic E-state index is 0.214. The van der Waals surface area contributed by atoms with E-state index in [0.29, 0.717) is 6.04 Å². The molecule has 3 rings (SSSR count). The maximum Gasteiger partial charge on any atom is 0.270 e. The lowest BCUT2D eigenvalue weighted by Crippen LogP contribution is -2.27. The van der Waals surface area contributed by atoms with Gasteiger partial charge in [-0.1, -0.05) is 0 Å². The van der Waals surface area contributed by atoms with Crippen LogP contribution in [-0.4, -0.2) is 16.3 Å². The van der Waals surface area contributed by atoms with E-state index in [9.17, 15) is 4.79 Å². The second kappa shape index (κ2) is 3.23. The Labute approximate surface area is 88.7 Å². The van der Waals surface area contributed by atoms with Crippen molar-refractivity contribution in [2.75, 3.05) is 6.54 Å². The van der Waals surface area contributed by atoms with Crippen LogP contribution < -0.4 is 10.9 Å². The highest BCUT2D eigenvalue weighted by atomic mass is 16.1. The molecule has 4 heteroatoms. The van der Waals surface area contributed by atoms with E-state index < -0.39 is 0 Å². The van der Waals surface area contributed by atoms with Gasteiger partial charge in [0.15, 0.2) is 0 Å². The molecule has 1 aliphatic heterocycles. The van der Waals surface area contributed by atoms with Crippen molar-refractivity contribution in [3.8, 4) is 0 Å². The lowest BCUT2D eigenvalue weighted by Gasteiger charge is -2.11. The molecule has 4 nitrogen and oxygen atoms in total. The summed E-state index contributed by atoms with van der Waals surface area (Å²) in [6, 6.07) is 0.350. The first kappa shape index (κ1) is 9.21. The average molecular weight is 207 g/mol. The van der Waals surface area contributed by atoms with Gasteiger partial charge in [-0.2, -0.15) is 0 Å². The first-order valence-electron chi connectivity index (χ1n) is 5.80. The molecule has 2 N–H and O–H groups in total. The molecule has 0 bridgehead atoms. The number of nitrogens with one attached hydrogen (secondary N) is 2. The molecule has 1 saturated carbocycles. The van der Waals surface area contributed by atoms with Crippen LogP contribution in [0.1, 0.15) is 37.1 Å². The SMILES string of the molecule is C[C@H](C1CC1)n1[nH]c2c(c1=O)CCNC2. The summed E-state index contributed by atoms with van der Waals surface area (Å²) < 4.78 is 1.84. The van der Waals surface area contributed by atoms with Crippen molar-refractivity contribution in [3.63, 3.8) is 0 Å². The van der Waals surface area contributed by atoms with E-state index in [0.717, 1.165) is 36.7 Å². The van der Waals surface area contributed by atoms with Gasteiger partial charge in [0.05, 0.1) is 11.7 Å². The van der Waals surface area contributed by atoms with Crippen molar-refractivity contribution in [1.82, 2.24) is 15.1 Å². The topological polar surface area (TPSA) is 49.8 Å². The zero-order valence-corrected chi connectivity index (χ0v) is 9.05. The highest BCUT2D eigenvalue weighted by molar-refractivity contribution is 5.20. The molecule has 1 aromatic rings. The molecule has 0 unspecified atom stereocenters. The molecule has 0 saturated heterocycles. The summed E-state index contributed by atoms with van der Waals surface area (Å²) in [6.45, 7) is 3.89. The number of rotatable bonds is 2. The van der Waals surface area contributed by atoms with Gasteiger partial charge in [0, 0.05) is 12.1 Å². The number of hydrogen-bond acceptors (Lipinski definition) is 2. The zero-order valence-electron chi connectivity index (χ0n) is 9.05. The Morgan fingerprint density at radius 3 is 2.93 bits per heavy atom. The Bertz CT molecular complexity index is 428. The zero-order chi connectivity index (χ0) is 10.4. The van der Waals surface area contributed by atoms with E-state index in [1.54, 1.807) is 0 Å². The second-order valence-corrected chi connectivity index (χ2v) is 4.75. The number of H-pyrrole nitrogens is 1. The molecule has 1 atom stereocenters. The van der Waals surface area contributed by atoms with Gasteiger partial charge < -0.3 is 5.32 Å². The molecule has 15 heavy (non-hydrogen) atoms. The fraction of sp³-hybridized carbons (Fsp3) is 0.727. The molecule has 2 heterocycles. The molecule has 0 radical (unpaired) electrons. The van der Waals surface area contributed by atoms with Crippen molar-refractivity contribution in [3.05, 3.63) is 21.6 Å². The van der Waals surface area contributed by atoms with E-state index in [-0.39, 0.29) is 5.56 Å². The first-order chi connectivity index (χ1) is 7.27. The monoisotopic (exact) mass is 207 g/mol. The minimum atomic E-state index is 0.214. The Balaban J connectivity index is 2.01. The van der Waals surface area contributed by atoms with E-state index in [1.165, 1.54) is 12.8 Å². The summed E-state index contributed by atoms with van der Waals surface area (Å²) in [6.07, 6.45) is 3.42. The Morgan fingerprint density at radius 1 is 1.47 bits per heavy atom. The molecule has 1 aliphatic carbocycles. The third-order valence-corrected chi connectivity index (χ3v) is 3.66. The van der Waals surface area contributed by atoms with Gasteiger partial charge in [-0.05, 0) is 38.6 Å². The fourth-order valence-corrected chi connectivity index (χ4v) is 2.45. The summed E-state index contributed by atoms with van der Waals surface area (Å²) >= 11 is 0. The smallest absolute Gasteiger partial charge is 0.270 e. The van der Waals surface area contributed by atoms with Gasteiger partial charge in [0.2, 0.25) is 0 Å². The predicted octanol–water partition coefficient (Wildman–Crippen LogP) is 0.793. The van der Waals surface area contributed by atoms with Crippen LogP contribution in [0.2, 0.25) is 0 Å². The van der Waals surface area contributed by atoms with E-state index in [4.69, 9.17) is 0 Å². The molecular weight excluding hydrogens is 190 g/mol. The van der Waals surface area contributed by atoms with E-state index in [1.807, 2.05) is 4.68 Å². The van der Waals surface area contributed by atoms with Crippen LogP contribution in [0.25, 0.3) is 0 Å². The fourth-order valence-electron chi connectivity index (χ4n) is 2.45. The lowest BCUT2D eigenvalue weighted by molar-refractivity contribution is 0.425. The van der Waals surface area contributed by atoms with Crippen molar-refractivity contribution in [2.24, 2.45) is 5.92 Å². The maximum absolute atomic E-state index is 12.1. The Kier molecular flexibility index (Phi) is 1.99. The number of aromatic amines is 1. The Hall–Kier alpha value is -1.03. The summed E-state index contributed by atoms with van der Waals surface area (Å²) in [7, 11) is 0.